The average Bonchev–Trinajstić information content (AvgIpc) is 3.23. The summed E-state index contributed by atoms with van der Waals surface area (Å²) in [5, 5.41) is 6.56. The summed E-state index contributed by atoms with van der Waals surface area (Å²) in [6.07, 6.45) is 0.397. The van der Waals surface area contributed by atoms with E-state index in [0.29, 0.717) is 44.6 Å². The maximum atomic E-state index is 12.2. The van der Waals surface area contributed by atoms with E-state index in [4.69, 9.17) is 14.0 Å². The standard InChI is InChI=1S/C19H26N4O6S/c1-2-28-16-5-3-15(4-6-16)19-21-18(29-22-19)8-7-17(24)20-9-14-30(25,26)23-10-12-27-13-11-23/h3-6H,2,7-14H2,1H3,(H,20,24). The van der Waals surface area contributed by atoms with Gasteiger partial charge < -0.3 is 19.3 Å². The Labute approximate surface area is 175 Å². The molecule has 0 unspecified atom stereocenters. The maximum absolute atomic E-state index is 12.2. The molecule has 1 amide bonds. The molecule has 10 nitrogen and oxygen atoms in total. The van der Waals surface area contributed by atoms with Gasteiger partial charge in [0, 0.05) is 38.0 Å². The van der Waals surface area contributed by atoms with E-state index < -0.39 is 10.0 Å². The van der Waals surface area contributed by atoms with Crippen molar-refractivity contribution in [2.24, 2.45) is 0 Å². The summed E-state index contributed by atoms with van der Waals surface area (Å²) >= 11 is 0. The zero-order valence-corrected chi connectivity index (χ0v) is 17.7. The number of hydrogen-bond donors (Lipinski definition) is 1. The van der Waals surface area contributed by atoms with Crippen molar-refractivity contribution in [2.45, 2.75) is 19.8 Å². The van der Waals surface area contributed by atoms with Gasteiger partial charge >= 0.3 is 0 Å². The highest BCUT2D eigenvalue weighted by atomic mass is 32.2. The van der Waals surface area contributed by atoms with Crippen molar-refractivity contribution >= 4 is 15.9 Å². The third-order valence-corrected chi connectivity index (χ3v) is 6.38. The number of aryl methyl sites for hydroxylation is 1. The Bertz CT molecular complexity index is 923. The van der Waals surface area contributed by atoms with Crippen LogP contribution in [0.4, 0.5) is 0 Å². The Hall–Kier alpha value is -2.50. The molecular formula is C19H26N4O6S. The molecule has 1 fully saturated rings. The van der Waals surface area contributed by atoms with Crippen LogP contribution in [0.3, 0.4) is 0 Å². The van der Waals surface area contributed by atoms with Gasteiger partial charge in [0.15, 0.2) is 0 Å². The van der Waals surface area contributed by atoms with Crippen LogP contribution in [0.15, 0.2) is 28.8 Å². The van der Waals surface area contributed by atoms with E-state index in [1.807, 2.05) is 31.2 Å². The molecule has 1 aliphatic heterocycles. The van der Waals surface area contributed by atoms with Crippen LogP contribution < -0.4 is 10.1 Å². The second-order valence-electron chi connectivity index (χ2n) is 6.65. The van der Waals surface area contributed by atoms with Crippen LogP contribution in [0.1, 0.15) is 19.2 Å². The van der Waals surface area contributed by atoms with Crippen LogP contribution >= 0.6 is 0 Å². The Morgan fingerprint density at radius 2 is 1.97 bits per heavy atom. The fourth-order valence-electron chi connectivity index (χ4n) is 2.92. The molecule has 1 aromatic heterocycles. The van der Waals surface area contributed by atoms with Gasteiger partial charge in [-0.2, -0.15) is 9.29 Å². The number of carbonyl (C=O) groups excluding carboxylic acids is 1. The lowest BCUT2D eigenvalue weighted by atomic mass is 10.2. The highest BCUT2D eigenvalue weighted by Crippen LogP contribution is 2.20. The van der Waals surface area contributed by atoms with Gasteiger partial charge in [-0.1, -0.05) is 5.16 Å². The molecule has 0 spiro atoms. The van der Waals surface area contributed by atoms with E-state index in [2.05, 4.69) is 15.5 Å². The SMILES string of the molecule is CCOc1ccc(-c2noc(CCC(=O)NCCS(=O)(=O)N3CCOCC3)n2)cc1. The number of nitrogens with zero attached hydrogens (tertiary/aromatic N) is 3. The zero-order chi connectivity index (χ0) is 21.4. The smallest absolute Gasteiger partial charge is 0.227 e. The predicted molar refractivity (Wildman–Crippen MR) is 108 cm³/mol. The molecule has 11 heteroatoms. The summed E-state index contributed by atoms with van der Waals surface area (Å²) in [6, 6.07) is 7.32. The van der Waals surface area contributed by atoms with Crippen molar-refractivity contribution in [1.82, 2.24) is 19.8 Å². The van der Waals surface area contributed by atoms with E-state index in [1.165, 1.54) is 4.31 Å². The lowest BCUT2D eigenvalue weighted by Gasteiger charge is -2.26. The topological polar surface area (TPSA) is 124 Å². The molecule has 0 atom stereocenters. The number of aromatic nitrogens is 2. The second-order valence-corrected chi connectivity index (χ2v) is 8.73. The first kappa shape index (κ1) is 22.2. The molecule has 2 heterocycles. The van der Waals surface area contributed by atoms with E-state index in [9.17, 15) is 13.2 Å². The summed E-state index contributed by atoms with van der Waals surface area (Å²) in [6.45, 7) is 4.06. The van der Waals surface area contributed by atoms with E-state index in [-0.39, 0.29) is 31.0 Å². The minimum absolute atomic E-state index is 0.0553. The molecule has 0 radical (unpaired) electrons. The molecule has 3 rings (SSSR count). The number of rotatable bonds is 10. The summed E-state index contributed by atoms with van der Waals surface area (Å²) in [5.41, 5.74) is 0.784. The molecule has 1 aromatic carbocycles. The number of nitrogens with one attached hydrogen (secondary N) is 1. The van der Waals surface area contributed by atoms with Crippen molar-refractivity contribution in [3.8, 4) is 17.1 Å². The first-order valence-electron chi connectivity index (χ1n) is 9.86. The molecule has 164 valence electrons. The summed E-state index contributed by atoms with van der Waals surface area (Å²) in [7, 11) is -3.39. The van der Waals surface area contributed by atoms with E-state index in [0.717, 1.165) is 11.3 Å². The van der Waals surface area contributed by atoms with Crippen LogP contribution in [0.25, 0.3) is 11.4 Å². The molecule has 2 aromatic rings. The van der Waals surface area contributed by atoms with Gasteiger partial charge in [0.25, 0.3) is 0 Å². The molecule has 0 bridgehead atoms. The first-order valence-corrected chi connectivity index (χ1v) is 11.5. The Morgan fingerprint density at radius 3 is 2.67 bits per heavy atom. The Balaban J connectivity index is 1.41. The van der Waals surface area contributed by atoms with Gasteiger partial charge in [0.2, 0.25) is 27.6 Å². The molecule has 0 saturated carbocycles. The molecule has 1 N–H and O–H groups in total. The zero-order valence-electron chi connectivity index (χ0n) is 16.9. The largest absolute Gasteiger partial charge is 0.494 e. The third kappa shape index (κ3) is 6.25. The van der Waals surface area contributed by atoms with Gasteiger partial charge in [0.1, 0.15) is 5.75 Å². The second kappa shape index (κ2) is 10.5. The number of carbonyl (C=O) groups is 1. The van der Waals surface area contributed by atoms with E-state index in [1.54, 1.807) is 0 Å². The predicted octanol–water partition coefficient (Wildman–Crippen LogP) is 0.846. The minimum atomic E-state index is -3.39. The van der Waals surface area contributed by atoms with Gasteiger partial charge in [-0.25, -0.2) is 8.42 Å². The molecule has 30 heavy (non-hydrogen) atoms. The van der Waals surface area contributed by atoms with Crippen LogP contribution in [-0.4, -0.2) is 74.0 Å². The van der Waals surface area contributed by atoms with Gasteiger partial charge in [0.05, 0.1) is 25.6 Å². The Kier molecular flexibility index (Phi) is 7.77. The number of ether oxygens (including phenoxy) is 2. The Morgan fingerprint density at radius 1 is 1.23 bits per heavy atom. The maximum Gasteiger partial charge on any atom is 0.227 e. The lowest BCUT2D eigenvalue weighted by molar-refractivity contribution is -0.121. The molecular weight excluding hydrogens is 412 g/mol. The third-order valence-electron chi connectivity index (χ3n) is 4.50. The average molecular weight is 439 g/mol. The van der Waals surface area contributed by atoms with Crippen LogP contribution in [0, 0.1) is 0 Å². The van der Waals surface area contributed by atoms with Crippen LogP contribution in [0.5, 0.6) is 5.75 Å². The number of sulfonamides is 1. The summed E-state index contributed by atoms with van der Waals surface area (Å²) < 4.78 is 41.6. The quantitative estimate of drug-likeness (QED) is 0.579. The normalized spacial score (nSPS) is 15.1. The number of amides is 1. The van der Waals surface area contributed by atoms with E-state index >= 15 is 0 Å². The van der Waals surface area contributed by atoms with Gasteiger partial charge in [-0.05, 0) is 31.2 Å². The molecule has 0 aliphatic carbocycles. The monoisotopic (exact) mass is 438 g/mol. The lowest BCUT2D eigenvalue weighted by Crippen LogP contribution is -2.43. The highest BCUT2D eigenvalue weighted by molar-refractivity contribution is 7.89. The molecule has 1 aliphatic rings. The van der Waals surface area contributed by atoms with Crippen LogP contribution in [0.2, 0.25) is 0 Å². The van der Waals surface area contributed by atoms with Crippen molar-refractivity contribution in [2.75, 3.05) is 45.2 Å². The van der Waals surface area contributed by atoms with Crippen molar-refractivity contribution in [3.05, 3.63) is 30.2 Å². The number of morpholine rings is 1. The fraction of sp³-hybridized carbons (Fsp3) is 0.526. The number of hydrogen-bond acceptors (Lipinski definition) is 8. The molecule has 1 saturated heterocycles. The van der Waals surface area contributed by atoms with Crippen molar-refractivity contribution in [1.29, 1.82) is 0 Å². The first-order chi connectivity index (χ1) is 14.5. The van der Waals surface area contributed by atoms with Gasteiger partial charge in [-0.15, -0.1) is 0 Å². The van der Waals surface area contributed by atoms with Crippen molar-refractivity contribution < 1.29 is 27.2 Å². The minimum Gasteiger partial charge on any atom is -0.494 e. The summed E-state index contributed by atoms with van der Waals surface area (Å²) in [4.78, 5) is 16.3. The van der Waals surface area contributed by atoms with Crippen LogP contribution in [-0.2, 0) is 26.0 Å². The fourth-order valence-corrected chi connectivity index (χ4v) is 4.25. The highest BCUT2D eigenvalue weighted by Gasteiger charge is 2.24. The van der Waals surface area contributed by atoms with Gasteiger partial charge in [-0.3, -0.25) is 4.79 Å². The summed E-state index contributed by atoms with van der Waals surface area (Å²) in [5.74, 6) is 1.13. The number of benzene rings is 1. The van der Waals surface area contributed by atoms with Crippen molar-refractivity contribution in [3.63, 3.8) is 0 Å².